The molecule has 0 aromatic heterocycles. The summed E-state index contributed by atoms with van der Waals surface area (Å²) in [6.07, 6.45) is 2.96. The molecule has 2 aromatic rings. The summed E-state index contributed by atoms with van der Waals surface area (Å²) in [6.45, 7) is 2.53. The Kier molecular flexibility index (Phi) is 6.04. The van der Waals surface area contributed by atoms with Crippen LogP contribution in [0.5, 0.6) is 5.75 Å². The quantitative estimate of drug-likeness (QED) is 0.581. The molecular weight excluding hydrogens is 300 g/mol. The number of halogens is 1. The zero-order valence-corrected chi connectivity index (χ0v) is 13.0. The molecule has 0 N–H and O–H groups in total. The van der Waals surface area contributed by atoms with Crippen molar-refractivity contribution in [1.29, 1.82) is 0 Å². The Morgan fingerprint density at radius 3 is 2.64 bits per heavy atom. The molecule has 0 bridgehead atoms. The Labute approximate surface area is 135 Å². The molecule has 0 radical (unpaired) electrons. The minimum Gasteiger partial charge on any atom is -0.488 e. The second-order valence-electron chi connectivity index (χ2n) is 4.51. The van der Waals surface area contributed by atoms with Crippen LogP contribution in [0, 0.1) is 0 Å². The minimum absolute atomic E-state index is 0.336. The van der Waals surface area contributed by atoms with Gasteiger partial charge in [0.25, 0.3) is 0 Å². The lowest BCUT2D eigenvalue weighted by Crippen LogP contribution is -2.00. The van der Waals surface area contributed by atoms with Crippen LogP contribution in [0.3, 0.4) is 0 Å². The van der Waals surface area contributed by atoms with Crippen molar-refractivity contribution < 1.29 is 14.3 Å². The lowest BCUT2D eigenvalue weighted by molar-refractivity contribution is -0.137. The van der Waals surface area contributed by atoms with E-state index in [0.29, 0.717) is 29.5 Å². The Balaban J connectivity index is 2.14. The van der Waals surface area contributed by atoms with E-state index in [1.165, 1.54) is 6.08 Å². The standard InChI is InChI=1S/C18H17ClO3/c1-2-21-18(20)12-11-15-16(19)9-6-10-17(15)22-13-14-7-4-3-5-8-14/h3-12H,2,13H2,1H3/b12-11+. The number of carbonyl (C=O) groups excluding carboxylic acids is 1. The van der Waals surface area contributed by atoms with E-state index in [-0.39, 0.29) is 0 Å². The molecule has 4 heteroatoms. The van der Waals surface area contributed by atoms with Crippen LogP contribution in [-0.2, 0) is 16.1 Å². The summed E-state index contributed by atoms with van der Waals surface area (Å²) in [4.78, 5) is 11.4. The Hall–Kier alpha value is -2.26. The highest BCUT2D eigenvalue weighted by atomic mass is 35.5. The fourth-order valence-corrected chi connectivity index (χ4v) is 2.11. The first-order valence-electron chi connectivity index (χ1n) is 7.00. The highest BCUT2D eigenvalue weighted by molar-refractivity contribution is 6.32. The van der Waals surface area contributed by atoms with E-state index in [0.717, 1.165) is 5.56 Å². The average molecular weight is 317 g/mol. The predicted molar refractivity (Wildman–Crippen MR) is 87.9 cm³/mol. The van der Waals surface area contributed by atoms with Gasteiger partial charge in [-0.1, -0.05) is 48.0 Å². The molecule has 0 unspecified atom stereocenters. The van der Waals surface area contributed by atoms with Gasteiger partial charge in [-0.3, -0.25) is 0 Å². The summed E-state index contributed by atoms with van der Waals surface area (Å²) >= 11 is 6.19. The molecule has 0 fully saturated rings. The number of hydrogen-bond donors (Lipinski definition) is 0. The van der Waals surface area contributed by atoms with Crippen molar-refractivity contribution in [3.63, 3.8) is 0 Å². The van der Waals surface area contributed by atoms with Gasteiger partial charge in [0, 0.05) is 11.6 Å². The smallest absolute Gasteiger partial charge is 0.330 e. The van der Waals surface area contributed by atoms with Crippen LogP contribution in [0.25, 0.3) is 6.08 Å². The molecule has 0 aliphatic heterocycles. The second-order valence-corrected chi connectivity index (χ2v) is 4.92. The van der Waals surface area contributed by atoms with Crippen LogP contribution in [0.1, 0.15) is 18.1 Å². The molecule has 2 aromatic carbocycles. The highest BCUT2D eigenvalue weighted by Gasteiger charge is 2.07. The molecule has 114 valence electrons. The molecule has 3 nitrogen and oxygen atoms in total. The number of benzene rings is 2. The van der Waals surface area contributed by atoms with E-state index in [1.54, 1.807) is 19.1 Å². The maximum absolute atomic E-state index is 11.4. The Morgan fingerprint density at radius 1 is 1.14 bits per heavy atom. The summed E-state index contributed by atoms with van der Waals surface area (Å²) in [7, 11) is 0. The second kappa shape index (κ2) is 8.25. The van der Waals surface area contributed by atoms with E-state index in [1.807, 2.05) is 42.5 Å². The third-order valence-electron chi connectivity index (χ3n) is 2.92. The molecule has 0 saturated carbocycles. The fraction of sp³-hybridized carbons (Fsp3) is 0.167. The lowest BCUT2D eigenvalue weighted by atomic mass is 10.2. The highest BCUT2D eigenvalue weighted by Crippen LogP contribution is 2.28. The minimum atomic E-state index is -0.406. The van der Waals surface area contributed by atoms with E-state index in [2.05, 4.69) is 0 Å². The van der Waals surface area contributed by atoms with E-state index < -0.39 is 5.97 Å². The van der Waals surface area contributed by atoms with E-state index >= 15 is 0 Å². The van der Waals surface area contributed by atoms with Gasteiger partial charge in [0.15, 0.2) is 0 Å². The van der Waals surface area contributed by atoms with Gasteiger partial charge in [-0.05, 0) is 30.7 Å². The molecule has 0 heterocycles. The predicted octanol–water partition coefficient (Wildman–Crippen LogP) is 4.50. The largest absolute Gasteiger partial charge is 0.488 e. The topological polar surface area (TPSA) is 35.5 Å². The molecule has 0 saturated heterocycles. The molecular formula is C18H17ClO3. The van der Waals surface area contributed by atoms with Gasteiger partial charge in [0.05, 0.1) is 11.6 Å². The van der Waals surface area contributed by atoms with E-state index in [9.17, 15) is 4.79 Å². The van der Waals surface area contributed by atoms with Gasteiger partial charge in [0.1, 0.15) is 12.4 Å². The first kappa shape index (κ1) is 16.1. The number of rotatable bonds is 6. The van der Waals surface area contributed by atoms with Crippen LogP contribution >= 0.6 is 11.6 Å². The van der Waals surface area contributed by atoms with Crippen molar-refractivity contribution in [3.8, 4) is 5.75 Å². The summed E-state index contributed by atoms with van der Waals surface area (Å²) < 4.78 is 10.7. The van der Waals surface area contributed by atoms with Crippen molar-refractivity contribution >= 4 is 23.6 Å². The fourth-order valence-electron chi connectivity index (χ4n) is 1.88. The van der Waals surface area contributed by atoms with Gasteiger partial charge in [-0.25, -0.2) is 4.79 Å². The van der Waals surface area contributed by atoms with Crippen molar-refractivity contribution in [3.05, 3.63) is 70.8 Å². The van der Waals surface area contributed by atoms with Crippen LogP contribution in [0.4, 0.5) is 0 Å². The number of esters is 1. The first-order valence-corrected chi connectivity index (χ1v) is 7.38. The molecule has 0 spiro atoms. The first-order chi connectivity index (χ1) is 10.7. The number of ether oxygens (including phenoxy) is 2. The zero-order valence-electron chi connectivity index (χ0n) is 12.3. The maximum atomic E-state index is 11.4. The SMILES string of the molecule is CCOC(=O)/C=C/c1c(Cl)cccc1OCc1ccccc1. The number of hydrogen-bond acceptors (Lipinski definition) is 3. The van der Waals surface area contributed by atoms with Crippen LogP contribution in [0.2, 0.25) is 5.02 Å². The van der Waals surface area contributed by atoms with Gasteiger partial charge in [-0.2, -0.15) is 0 Å². The molecule has 0 aliphatic rings. The van der Waals surface area contributed by atoms with Crippen molar-refractivity contribution in [2.75, 3.05) is 6.61 Å². The van der Waals surface area contributed by atoms with Crippen LogP contribution < -0.4 is 4.74 Å². The van der Waals surface area contributed by atoms with Crippen LogP contribution in [-0.4, -0.2) is 12.6 Å². The Morgan fingerprint density at radius 2 is 1.91 bits per heavy atom. The summed E-state index contributed by atoms with van der Waals surface area (Å²) in [5.41, 5.74) is 1.72. The third kappa shape index (κ3) is 4.64. The summed E-state index contributed by atoms with van der Waals surface area (Å²) in [6, 6.07) is 15.2. The van der Waals surface area contributed by atoms with Crippen molar-refractivity contribution in [2.45, 2.75) is 13.5 Å². The van der Waals surface area contributed by atoms with Gasteiger partial charge >= 0.3 is 5.97 Å². The molecule has 0 aliphatic carbocycles. The average Bonchev–Trinajstić information content (AvgIpc) is 2.53. The van der Waals surface area contributed by atoms with Crippen LogP contribution in [0.15, 0.2) is 54.6 Å². The molecule has 0 amide bonds. The summed E-state index contributed by atoms with van der Waals surface area (Å²) in [5, 5.41) is 0.520. The van der Waals surface area contributed by atoms with Gasteiger partial charge < -0.3 is 9.47 Å². The summed E-state index contributed by atoms with van der Waals surface area (Å²) in [5.74, 6) is 0.216. The molecule has 22 heavy (non-hydrogen) atoms. The maximum Gasteiger partial charge on any atom is 0.330 e. The molecule has 2 rings (SSSR count). The number of carbonyl (C=O) groups is 1. The monoisotopic (exact) mass is 316 g/mol. The van der Waals surface area contributed by atoms with Gasteiger partial charge in [-0.15, -0.1) is 0 Å². The van der Waals surface area contributed by atoms with Crippen molar-refractivity contribution in [2.24, 2.45) is 0 Å². The van der Waals surface area contributed by atoms with E-state index in [4.69, 9.17) is 21.1 Å². The van der Waals surface area contributed by atoms with Crippen molar-refractivity contribution in [1.82, 2.24) is 0 Å². The molecule has 0 atom stereocenters. The third-order valence-corrected chi connectivity index (χ3v) is 3.25. The zero-order chi connectivity index (χ0) is 15.8. The lowest BCUT2D eigenvalue weighted by Gasteiger charge is -2.10. The van der Waals surface area contributed by atoms with Gasteiger partial charge in [0.2, 0.25) is 0 Å². The normalized spacial score (nSPS) is 10.6. The Bertz CT molecular complexity index is 651.